The Morgan fingerprint density at radius 3 is 2.74 bits per heavy atom. The van der Waals surface area contributed by atoms with Gasteiger partial charge in [-0.15, -0.1) is 0 Å². The minimum atomic E-state index is -0.383. The maximum Gasteiger partial charge on any atom is 0.275 e. The van der Waals surface area contributed by atoms with Gasteiger partial charge in [0.25, 0.3) is 5.91 Å². The summed E-state index contributed by atoms with van der Waals surface area (Å²) in [4.78, 5) is 13.3. The Bertz CT molecular complexity index is 973. The summed E-state index contributed by atoms with van der Waals surface area (Å²) in [5.41, 5.74) is 2.84. The molecule has 1 N–H and O–H groups in total. The Kier molecular flexibility index (Phi) is 6.60. The molecule has 0 fully saturated rings. The molecule has 0 unspecified atom stereocenters. The molecule has 0 aliphatic carbocycles. The first-order valence-corrected chi connectivity index (χ1v) is 9.74. The number of furan rings is 1. The van der Waals surface area contributed by atoms with Crippen LogP contribution in [0.3, 0.4) is 0 Å². The highest BCUT2D eigenvalue weighted by atomic mass is 79.9. The van der Waals surface area contributed by atoms with Crippen molar-refractivity contribution in [3.63, 3.8) is 0 Å². The highest BCUT2D eigenvalue weighted by molar-refractivity contribution is 9.10. The van der Waals surface area contributed by atoms with E-state index >= 15 is 0 Å². The van der Waals surface area contributed by atoms with E-state index < -0.39 is 0 Å². The Hall–Kier alpha value is -2.22. The van der Waals surface area contributed by atoms with E-state index in [4.69, 9.17) is 20.8 Å². The number of hydrazone groups is 1. The zero-order chi connectivity index (χ0) is 19.2. The molecule has 3 rings (SSSR count). The van der Waals surface area contributed by atoms with Crippen LogP contribution in [0.5, 0.6) is 5.75 Å². The topological polar surface area (TPSA) is 63.8 Å². The number of nitrogens with one attached hydrogen (secondary N) is 1. The molecule has 0 saturated carbocycles. The summed E-state index contributed by atoms with van der Waals surface area (Å²) >= 11 is 10.7. The summed E-state index contributed by atoms with van der Waals surface area (Å²) in [6.07, 6.45) is 1.44. The predicted octanol–water partition coefficient (Wildman–Crippen LogP) is 5.62. The zero-order valence-corrected chi connectivity index (χ0v) is 17.3. The van der Waals surface area contributed by atoms with Gasteiger partial charge in [0, 0.05) is 14.4 Å². The fourth-order valence-corrected chi connectivity index (χ4v) is 3.42. The molecule has 0 aliphatic heterocycles. The Morgan fingerprint density at radius 1 is 1.22 bits per heavy atom. The van der Waals surface area contributed by atoms with Gasteiger partial charge in [-0.3, -0.25) is 4.79 Å². The van der Waals surface area contributed by atoms with Crippen LogP contribution in [0, 0.1) is 0 Å². The molecule has 138 valence electrons. The Balaban J connectivity index is 1.62. The maximum absolute atomic E-state index is 12.3. The van der Waals surface area contributed by atoms with Crippen molar-refractivity contribution in [2.24, 2.45) is 5.10 Å². The molecular weight excluding hydrogens is 452 g/mol. The molecule has 5 nitrogen and oxygen atoms in total. The number of amides is 1. The Labute approximate surface area is 173 Å². The number of rotatable bonds is 6. The lowest BCUT2D eigenvalue weighted by Gasteiger charge is -2.07. The van der Waals surface area contributed by atoms with Crippen molar-refractivity contribution in [3.8, 4) is 5.75 Å². The molecule has 27 heavy (non-hydrogen) atoms. The van der Waals surface area contributed by atoms with Gasteiger partial charge in [0.05, 0.1) is 18.9 Å². The molecule has 1 amide bonds. The van der Waals surface area contributed by atoms with E-state index in [-0.39, 0.29) is 5.91 Å². The van der Waals surface area contributed by atoms with Gasteiger partial charge in [0.1, 0.15) is 11.5 Å². The number of carbonyl (C=O) groups is 1. The number of benzene rings is 2. The molecule has 0 aliphatic rings. The first kappa shape index (κ1) is 19.5. The van der Waals surface area contributed by atoms with Crippen LogP contribution >= 0.6 is 39.3 Å². The second-order valence-corrected chi connectivity index (χ2v) is 7.69. The minimum absolute atomic E-state index is 0.377. The number of ether oxygens (including phenoxy) is 1. The number of halogens is 2. The van der Waals surface area contributed by atoms with Gasteiger partial charge < -0.3 is 9.15 Å². The molecule has 1 heterocycles. The summed E-state index contributed by atoms with van der Waals surface area (Å²) in [6.45, 7) is 0. The summed E-state index contributed by atoms with van der Waals surface area (Å²) < 4.78 is 11.6. The van der Waals surface area contributed by atoms with Crippen LogP contribution in [-0.4, -0.2) is 19.2 Å². The number of hydrogen-bond donors (Lipinski definition) is 1. The fraction of sp³-hybridized carbons (Fsp3) is 0.0526. The molecule has 1 aromatic heterocycles. The van der Waals surface area contributed by atoms with E-state index in [1.807, 2.05) is 30.3 Å². The lowest BCUT2D eigenvalue weighted by atomic mass is 10.2. The number of methoxy groups -OCH3 is 1. The van der Waals surface area contributed by atoms with Crippen LogP contribution in [0.25, 0.3) is 0 Å². The minimum Gasteiger partial charge on any atom is -0.496 e. The highest BCUT2D eigenvalue weighted by Gasteiger charge is 2.12. The van der Waals surface area contributed by atoms with Crippen molar-refractivity contribution >= 4 is 51.4 Å². The van der Waals surface area contributed by atoms with E-state index in [0.717, 1.165) is 9.37 Å². The van der Waals surface area contributed by atoms with E-state index in [2.05, 4.69) is 26.5 Å². The number of carbonyl (C=O) groups excluding carboxylic acids is 1. The first-order valence-electron chi connectivity index (χ1n) is 7.75. The maximum atomic E-state index is 12.3. The van der Waals surface area contributed by atoms with Crippen molar-refractivity contribution in [1.82, 2.24) is 5.43 Å². The van der Waals surface area contributed by atoms with Gasteiger partial charge in [-0.1, -0.05) is 39.3 Å². The van der Waals surface area contributed by atoms with Crippen LogP contribution in [0.1, 0.15) is 16.1 Å². The smallest absolute Gasteiger partial charge is 0.275 e. The lowest BCUT2D eigenvalue weighted by Crippen LogP contribution is -2.18. The van der Waals surface area contributed by atoms with E-state index in [1.54, 1.807) is 24.3 Å². The van der Waals surface area contributed by atoms with Crippen LogP contribution in [0.4, 0.5) is 0 Å². The van der Waals surface area contributed by atoms with Crippen LogP contribution in [0.2, 0.25) is 5.02 Å². The number of nitrogens with zero attached hydrogens (tertiary/aromatic N) is 1. The second kappa shape index (κ2) is 9.12. The third-order valence-electron chi connectivity index (χ3n) is 3.40. The third-order valence-corrected chi connectivity index (χ3v) is 5.07. The van der Waals surface area contributed by atoms with Crippen LogP contribution in [0.15, 0.2) is 78.6 Å². The van der Waals surface area contributed by atoms with Crippen molar-refractivity contribution in [2.45, 2.75) is 9.99 Å². The Morgan fingerprint density at radius 2 is 2.00 bits per heavy atom. The van der Waals surface area contributed by atoms with Gasteiger partial charge in [0.15, 0.2) is 5.09 Å². The van der Waals surface area contributed by atoms with E-state index in [0.29, 0.717) is 27.2 Å². The van der Waals surface area contributed by atoms with Gasteiger partial charge >= 0.3 is 0 Å². The summed E-state index contributed by atoms with van der Waals surface area (Å²) in [5, 5.41) is 5.33. The van der Waals surface area contributed by atoms with E-state index in [9.17, 15) is 4.79 Å². The standard InChI is InChI=1S/C19H14BrClN2O3S/c1-25-17-8-2-12(20)10-16(17)19(24)23-22-11-14-5-9-18(26-14)27-15-6-3-13(21)4-7-15/h2-11H,1H3,(H,23,24)/b22-11-. The van der Waals surface area contributed by atoms with Gasteiger partial charge in [0.2, 0.25) is 0 Å². The van der Waals surface area contributed by atoms with Crippen LogP contribution < -0.4 is 10.2 Å². The largest absolute Gasteiger partial charge is 0.496 e. The summed E-state index contributed by atoms with van der Waals surface area (Å²) in [6, 6.07) is 16.2. The van der Waals surface area contributed by atoms with Gasteiger partial charge in [-0.05, 0) is 54.6 Å². The molecule has 0 saturated heterocycles. The number of hydrogen-bond acceptors (Lipinski definition) is 5. The third kappa shape index (κ3) is 5.38. The molecule has 0 radical (unpaired) electrons. The molecule has 0 spiro atoms. The highest BCUT2D eigenvalue weighted by Crippen LogP contribution is 2.29. The van der Waals surface area contributed by atoms with Crippen LogP contribution in [-0.2, 0) is 0 Å². The van der Waals surface area contributed by atoms with Crippen molar-refractivity contribution < 1.29 is 13.9 Å². The average Bonchev–Trinajstić information content (AvgIpc) is 3.10. The molecule has 8 heteroatoms. The second-order valence-electron chi connectivity index (χ2n) is 5.26. The van der Waals surface area contributed by atoms with Crippen molar-refractivity contribution in [3.05, 3.63) is 75.4 Å². The molecule has 3 aromatic rings. The summed E-state index contributed by atoms with van der Waals surface area (Å²) in [5.74, 6) is 0.602. The zero-order valence-electron chi connectivity index (χ0n) is 14.1. The van der Waals surface area contributed by atoms with Gasteiger partial charge in [-0.2, -0.15) is 5.10 Å². The van der Waals surface area contributed by atoms with E-state index in [1.165, 1.54) is 25.1 Å². The average molecular weight is 466 g/mol. The van der Waals surface area contributed by atoms with Crippen molar-refractivity contribution in [2.75, 3.05) is 7.11 Å². The van der Waals surface area contributed by atoms with Crippen molar-refractivity contribution in [1.29, 1.82) is 0 Å². The van der Waals surface area contributed by atoms with Gasteiger partial charge in [-0.25, -0.2) is 5.43 Å². The first-order chi connectivity index (χ1) is 13.0. The normalized spacial score (nSPS) is 10.9. The lowest BCUT2D eigenvalue weighted by molar-refractivity contribution is 0.0952. The molecule has 2 aromatic carbocycles. The molecule has 0 atom stereocenters. The SMILES string of the molecule is COc1ccc(Br)cc1C(=O)N/N=C\c1ccc(Sc2ccc(Cl)cc2)o1. The quantitative estimate of drug-likeness (QED) is 0.379. The fourth-order valence-electron chi connectivity index (χ4n) is 2.15. The summed E-state index contributed by atoms with van der Waals surface area (Å²) in [7, 11) is 1.51. The molecular formula is C19H14BrClN2O3S. The predicted molar refractivity (Wildman–Crippen MR) is 110 cm³/mol. The molecule has 0 bridgehead atoms. The monoisotopic (exact) mass is 464 g/mol.